The van der Waals surface area contributed by atoms with E-state index in [1.165, 1.54) is 11.8 Å². The normalized spacial score (nSPS) is 14.1. The van der Waals surface area contributed by atoms with Crippen molar-refractivity contribution >= 4 is 0 Å². The standard InChI is InChI=1S/C12H20O/c1-6-12(5,13-7-2)10-8-9-11(3)4/h6-7,9H,1-2,8,10H2,3-5H3. The highest BCUT2D eigenvalue weighted by Gasteiger charge is 2.18. The van der Waals surface area contributed by atoms with Crippen molar-refractivity contribution in [3.05, 3.63) is 37.1 Å². The van der Waals surface area contributed by atoms with E-state index in [-0.39, 0.29) is 5.60 Å². The Morgan fingerprint density at radius 1 is 1.38 bits per heavy atom. The third-order valence-electron chi connectivity index (χ3n) is 1.98. The Bertz CT molecular complexity index is 199. The third kappa shape index (κ3) is 5.29. The first-order chi connectivity index (χ1) is 6.04. The van der Waals surface area contributed by atoms with E-state index in [0.29, 0.717) is 0 Å². The van der Waals surface area contributed by atoms with Crippen molar-refractivity contribution in [2.75, 3.05) is 0 Å². The molecule has 0 saturated heterocycles. The third-order valence-corrected chi connectivity index (χ3v) is 1.98. The van der Waals surface area contributed by atoms with Crippen molar-refractivity contribution in [1.82, 2.24) is 0 Å². The van der Waals surface area contributed by atoms with Gasteiger partial charge in [0.2, 0.25) is 0 Å². The van der Waals surface area contributed by atoms with Gasteiger partial charge in [-0.05, 0) is 39.7 Å². The average molecular weight is 180 g/mol. The molecule has 0 heterocycles. The Kier molecular flexibility index (Phi) is 5.20. The molecule has 0 aliphatic carbocycles. The Labute approximate surface area is 81.8 Å². The summed E-state index contributed by atoms with van der Waals surface area (Å²) in [6.07, 6.45) is 7.46. The van der Waals surface area contributed by atoms with Crippen molar-refractivity contribution in [3.8, 4) is 0 Å². The van der Waals surface area contributed by atoms with E-state index in [0.717, 1.165) is 12.8 Å². The van der Waals surface area contributed by atoms with Crippen LogP contribution >= 0.6 is 0 Å². The van der Waals surface area contributed by atoms with Crippen molar-refractivity contribution in [2.24, 2.45) is 0 Å². The Hall–Kier alpha value is -0.980. The topological polar surface area (TPSA) is 9.23 Å². The van der Waals surface area contributed by atoms with Gasteiger partial charge in [0.25, 0.3) is 0 Å². The summed E-state index contributed by atoms with van der Waals surface area (Å²) in [4.78, 5) is 0. The molecule has 1 atom stereocenters. The minimum absolute atomic E-state index is 0.270. The lowest BCUT2D eigenvalue weighted by molar-refractivity contribution is 0.0796. The maximum absolute atomic E-state index is 5.38. The second-order valence-electron chi connectivity index (χ2n) is 3.62. The van der Waals surface area contributed by atoms with Gasteiger partial charge in [-0.25, -0.2) is 0 Å². The van der Waals surface area contributed by atoms with Gasteiger partial charge in [-0.3, -0.25) is 0 Å². The maximum Gasteiger partial charge on any atom is 0.123 e. The lowest BCUT2D eigenvalue weighted by atomic mass is 9.99. The molecule has 0 spiro atoms. The molecule has 0 radical (unpaired) electrons. The molecule has 74 valence electrons. The van der Waals surface area contributed by atoms with E-state index in [9.17, 15) is 0 Å². The molecule has 0 aliphatic heterocycles. The van der Waals surface area contributed by atoms with Gasteiger partial charge in [0.05, 0.1) is 6.26 Å². The van der Waals surface area contributed by atoms with Crippen LogP contribution in [0.4, 0.5) is 0 Å². The predicted octanol–water partition coefficient (Wildman–Crippen LogP) is 3.84. The molecule has 0 bridgehead atoms. The molecule has 0 saturated carbocycles. The van der Waals surface area contributed by atoms with Crippen LogP contribution in [0.3, 0.4) is 0 Å². The fourth-order valence-corrected chi connectivity index (χ4v) is 1.05. The zero-order valence-electron chi connectivity index (χ0n) is 8.97. The largest absolute Gasteiger partial charge is 0.492 e. The zero-order chi connectivity index (χ0) is 10.3. The van der Waals surface area contributed by atoms with Crippen LogP contribution in [-0.4, -0.2) is 5.60 Å². The molecule has 0 amide bonds. The molecule has 0 N–H and O–H groups in total. The van der Waals surface area contributed by atoms with Crippen molar-refractivity contribution < 1.29 is 4.74 Å². The Balaban J connectivity index is 4.04. The fourth-order valence-electron chi connectivity index (χ4n) is 1.05. The lowest BCUT2D eigenvalue weighted by Gasteiger charge is -2.24. The summed E-state index contributed by atoms with van der Waals surface area (Å²) < 4.78 is 5.38. The van der Waals surface area contributed by atoms with Gasteiger partial charge in [-0.2, -0.15) is 0 Å². The molecule has 0 aliphatic rings. The number of rotatable bonds is 6. The quantitative estimate of drug-likeness (QED) is 0.446. The van der Waals surface area contributed by atoms with Crippen LogP contribution in [0, 0.1) is 0 Å². The molecule has 1 nitrogen and oxygen atoms in total. The smallest absolute Gasteiger partial charge is 0.123 e. The van der Waals surface area contributed by atoms with Crippen LogP contribution in [0.5, 0.6) is 0 Å². The van der Waals surface area contributed by atoms with Gasteiger partial charge < -0.3 is 4.74 Å². The summed E-state index contributed by atoms with van der Waals surface area (Å²) in [6, 6.07) is 0. The maximum atomic E-state index is 5.38. The van der Waals surface area contributed by atoms with E-state index < -0.39 is 0 Å². The molecule has 0 fully saturated rings. The van der Waals surface area contributed by atoms with Crippen molar-refractivity contribution in [3.63, 3.8) is 0 Å². The first-order valence-electron chi connectivity index (χ1n) is 4.60. The highest BCUT2D eigenvalue weighted by Crippen LogP contribution is 2.19. The second-order valence-corrected chi connectivity index (χ2v) is 3.62. The van der Waals surface area contributed by atoms with Gasteiger partial charge in [0, 0.05) is 0 Å². The summed E-state index contributed by atoms with van der Waals surface area (Å²) in [5, 5.41) is 0. The zero-order valence-corrected chi connectivity index (χ0v) is 8.97. The van der Waals surface area contributed by atoms with E-state index in [4.69, 9.17) is 4.74 Å². The van der Waals surface area contributed by atoms with Gasteiger partial charge >= 0.3 is 0 Å². The minimum atomic E-state index is -0.270. The molecule has 0 aromatic heterocycles. The highest BCUT2D eigenvalue weighted by molar-refractivity contribution is 4.99. The first-order valence-corrected chi connectivity index (χ1v) is 4.60. The van der Waals surface area contributed by atoms with Crippen LogP contribution < -0.4 is 0 Å². The van der Waals surface area contributed by atoms with E-state index in [2.05, 4.69) is 33.1 Å². The first kappa shape index (κ1) is 12.0. The SMILES string of the molecule is C=COC(C)(C=C)CCC=C(C)C. The number of hydrogen-bond donors (Lipinski definition) is 0. The summed E-state index contributed by atoms with van der Waals surface area (Å²) in [5.41, 5.74) is 1.07. The van der Waals surface area contributed by atoms with E-state index in [1.54, 1.807) is 0 Å². The van der Waals surface area contributed by atoms with Gasteiger partial charge in [0.1, 0.15) is 5.60 Å². The van der Waals surface area contributed by atoms with E-state index in [1.807, 2.05) is 13.0 Å². The van der Waals surface area contributed by atoms with Crippen LogP contribution in [-0.2, 0) is 4.74 Å². The van der Waals surface area contributed by atoms with Crippen LogP contribution in [0.2, 0.25) is 0 Å². The van der Waals surface area contributed by atoms with Crippen molar-refractivity contribution in [2.45, 2.75) is 39.2 Å². The monoisotopic (exact) mass is 180 g/mol. The molecule has 1 heteroatoms. The number of allylic oxidation sites excluding steroid dienone is 2. The van der Waals surface area contributed by atoms with E-state index >= 15 is 0 Å². The molecule has 1 unspecified atom stereocenters. The summed E-state index contributed by atoms with van der Waals surface area (Å²) in [7, 11) is 0. The fraction of sp³-hybridized carbons (Fsp3) is 0.500. The molecule has 13 heavy (non-hydrogen) atoms. The molecule has 0 aromatic rings. The summed E-state index contributed by atoms with van der Waals surface area (Å²) >= 11 is 0. The number of ether oxygens (including phenoxy) is 1. The molecular formula is C12H20O. The molecule has 0 aromatic carbocycles. The van der Waals surface area contributed by atoms with Gasteiger partial charge in [-0.15, -0.1) is 0 Å². The second kappa shape index (κ2) is 5.63. The summed E-state index contributed by atoms with van der Waals surface area (Å²) in [5.74, 6) is 0. The van der Waals surface area contributed by atoms with Gasteiger partial charge in [0.15, 0.2) is 0 Å². The molecular weight excluding hydrogens is 160 g/mol. The highest BCUT2D eigenvalue weighted by atomic mass is 16.5. The van der Waals surface area contributed by atoms with Crippen LogP contribution in [0.15, 0.2) is 37.1 Å². The average Bonchev–Trinajstić information content (AvgIpc) is 2.04. The van der Waals surface area contributed by atoms with Crippen LogP contribution in [0.25, 0.3) is 0 Å². The number of hydrogen-bond acceptors (Lipinski definition) is 1. The Morgan fingerprint density at radius 3 is 2.38 bits per heavy atom. The van der Waals surface area contributed by atoms with Crippen molar-refractivity contribution in [1.29, 1.82) is 0 Å². The lowest BCUT2D eigenvalue weighted by Crippen LogP contribution is -2.22. The minimum Gasteiger partial charge on any atom is -0.492 e. The van der Waals surface area contributed by atoms with Crippen LogP contribution in [0.1, 0.15) is 33.6 Å². The summed E-state index contributed by atoms with van der Waals surface area (Å²) in [6.45, 7) is 13.5. The van der Waals surface area contributed by atoms with Gasteiger partial charge in [-0.1, -0.05) is 24.8 Å². The molecule has 0 rings (SSSR count). The predicted molar refractivity (Wildman–Crippen MR) is 58.5 cm³/mol. The Morgan fingerprint density at radius 2 is 2.00 bits per heavy atom.